The summed E-state index contributed by atoms with van der Waals surface area (Å²) in [6.45, 7) is 1.49. The first-order valence-corrected chi connectivity index (χ1v) is 19.7. The lowest BCUT2D eigenvalue weighted by Gasteiger charge is -2.31. The van der Waals surface area contributed by atoms with Gasteiger partial charge >= 0.3 is 5.97 Å². The summed E-state index contributed by atoms with van der Waals surface area (Å²) < 4.78 is 28.3. The molecule has 2 aromatic carbocycles. The van der Waals surface area contributed by atoms with Crippen LogP contribution in [0.15, 0.2) is 79.1 Å². The van der Waals surface area contributed by atoms with Crippen molar-refractivity contribution in [2.45, 2.75) is 89.4 Å². The molecule has 1 saturated carbocycles. The smallest absolute Gasteiger partial charge is 0.328 e. The van der Waals surface area contributed by atoms with E-state index in [0.717, 1.165) is 29.5 Å². The van der Waals surface area contributed by atoms with E-state index in [4.69, 9.17) is 4.74 Å². The number of hydrogen-bond donors (Lipinski definition) is 1. The summed E-state index contributed by atoms with van der Waals surface area (Å²) in [6, 6.07) is 19.0. The fourth-order valence-corrected chi connectivity index (χ4v) is 8.30. The summed E-state index contributed by atoms with van der Waals surface area (Å²) in [5.74, 6) is -1.08. The van der Waals surface area contributed by atoms with E-state index in [1.165, 1.54) is 20.3 Å². The second-order valence-corrected chi connectivity index (χ2v) is 16.1. The normalized spacial score (nSPS) is 19.2. The summed E-state index contributed by atoms with van der Waals surface area (Å²) >= 11 is 0. The van der Waals surface area contributed by atoms with Crippen molar-refractivity contribution in [2.75, 3.05) is 24.0 Å². The van der Waals surface area contributed by atoms with Crippen LogP contribution in [0.1, 0.15) is 68.6 Å². The molecule has 2 fully saturated rings. The lowest BCUT2D eigenvalue weighted by molar-refractivity contribution is -0.146. The van der Waals surface area contributed by atoms with E-state index in [0.29, 0.717) is 50.6 Å². The number of amides is 3. The number of unbranched alkanes of at least 4 members (excludes halogenated alkanes) is 1. The van der Waals surface area contributed by atoms with Crippen molar-refractivity contribution in [3.63, 3.8) is 0 Å². The van der Waals surface area contributed by atoms with Crippen LogP contribution in [-0.4, -0.2) is 79.4 Å². The zero-order valence-electron chi connectivity index (χ0n) is 29.6. The number of pyridine rings is 1. The zero-order valence-corrected chi connectivity index (χ0v) is 30.4. The Kier molecular flexibility index (Phi) is 12.3. The molecule has 51 heavy (non-hydrogen) atoms. The minimum absolute atomic E-state index is 0.0825. The van der Waals surface area contributed by atoms with E-state index in [-0.39, 0.29) is 29.9 Å². The van der Waals surface area contributed by atoms with E-state index in [2.05, 4.69) is 10.3 Å². The average Bonchev–Trinajstić information content (AvgIpc) is 3.70. The number of methoxy groups -OCH3 is 1. The fourth-order valence-electron chi connectivity index (χ4n) is 7.57. The quantitative estimate of drug-likeness (QED) is 0.180. The number of rotatable bonds is 15. The van der Waals surface area contributed by atoms with Crippen molar-refractivity contribution in [3.05, 3.63) is 95.8 Å². The van der Waals surface area contributed by atoms with E-state index in [1.54, 1.807) is 22.2 Å². The monoisotopic (exact) mass is 716 g/mol. The molecule has 0 radical (unpaired) electrons. The SMILES string of the molecule is COC(=O)[C@H](Cc1ccc(N2C(=O)C(Cc3ccccc3)N(C(C)=O)C2Cc2cccnc2)cc1)NC(=O)C1(CCCCS(C)(=O)=O)CCCC1. The number of anilines is 1. The summed E-state index contributed by atoms with van der Waals surface area (Å²) in [6.07, 6.45) is 9.80. The van der Waals surface area contributed by atoms with Crippen LogP contribution < -0.4 is 10.2 Å². The van der Waals surface area contributed by atoms with E-state index < -0.39 is 39.5 Å². The highest BCUT2D eigenvalue weighted by Gasteiger charge is 2.48. The van der Waals surface area contributed by atoms with E-state index in [9.17, 15) is 27.6 Å². The van der Waals surface area contributed by atoms with Crippen molar-refractivity contribution < 1.29 is 32.3 Å². The lowest BCUT2D eigenvalue weighted by atomic mass is 9.80. The molecule has 3 amide bonds. The molecule has 1 N–H and O–H groups in total. The molecule has 2 heterocycles. The van der Waals surface area contributed by atoms with Crippen LogP contribution in [0, 0.1) is 5.41 Å². The Morgan fingerprint density at radius 1 is 0.941 bits per heavy atom. The molecule has 11 nitrogen and oxygen atoms in total. The highest BCUT2D eigenvalue weighted by molar-refractivity contribution is 7.90. The highest BCUT2D eigenvalue weighted by atomic mass is 32.2. The van der Waals surface area contributed by atoms with Crippen LogP contribution >= 0.6 is 0 Å². The molecule has 1 aliphatic carbocycles. The van der Waals surface area contributed by atoms with Crippen LogP contribution in [0.3, 0.4) is 0 Å². The summed E-state index contributed by atoms with van der Waals surface area (Å²) in [5.41, 5.74) is 2.55. The van der Waals surface area contributed by atoms with Gasteiger partial charge in [0.05, 0.1) is 7.11 Å². The van der Waals surface area contributed by atoms with Crippen molar-refractivity contribution >= 4 is 39.2 Å². The van der Waals surface area contributed by atoms with Crippen LogP contribution in [0.2, 0.25) is 0 Å². The van der Waals surface area contributed by atoms with Gasteiger partial charge in [-0.1, -0.05) is 67.8 Å². The van der Waals surface area contributed by atoms with Gasteiger partial charge in [0.15, 0.2) is 0 Å². The maximum atomic E-state index is 14.2. The highest BCUT2D eigenvalue weighted by Crippen LogP contribution is 2.43. The number of esters is 1. The van der Waals surface area contributed by atoms with Gasteiger partial charge in [0.1, 0.15) is 28.1 Å². The minimum Gasteiger partial charge on any atom is -0.467 e. The molecule has 3 aromatic rings. The van der Waals surface area contributed by atoms with Gasteiger partial charge in [0, 0.05) is 61.7 Å². The van der Waals surface area contributed by atoms with Crippen LogP contribution in [-0.2, 0) is 53.0 Å². The molecule has 12 heteroatoms. The maximum Gasteiger partial charge on any atom is 0.328 e. The van der Waals surface area contributed by atoms with Gasteiger partial charge in [-0.2, -0.15) is 0 Å². The molecule has 272 valence electrons. The number of aromatic nitrogens is 1. The second-order valence-electron chi connectivity index (χ2n) is 13.9. The lowest BCUT2D eigenvalue weighted by Crippen LogP contribution is -2.49. The Morgan fingerprint density at radius 2 is 1.63 bits per heavy atom. The molecule has 2 aliphatic rings. The third-order valence-corrected chi connectivity index (χ3v) is 11.2. The molecule has 0 spiro atoms. The molecule has 2 unspecified atom stereocenters. The van der Waals surface area contributed by atoms with Gasteiger partial charge in [0.2, 0.25) is 11.8 Å². The largest absolute Gasteiger partial charge is 0.467 e. The number of nitrogens with one attached hydrogen (secondary N) is 1. The fraction of sp³-hybridized carbons (Fsp3) is 0.462. The molecule has 1 saturated heterocycles. The third kappa shape index (κ3) is 9.40. The van der Waals surface area contributed by atoms with Gasteiger partial charge in [-0.25, -0.2) is 13.2 Å². The maximum absolute atomic E-state index is 14.2. The van der Waals surface area contributed by atoms with Gasteiger partial charge in [-0.05, 0) is 60.6 Å². The van der Waals surface area contributed by atoms with Crippen molar-refractivity contribution in [1.82, 2.24) is 15.2 Å². The molecule has 1 aromatic heterocycles. The molecule has 0 bridgehead atoms. The Hall–Kier alpha value is -4.58. The van der Waals surface area contributed by atoms with Crippen molar-refractivity contribution in [3.8, 4) is 0 Å². The van der Waals surface area contributed by atoms with Gasteiger partial charge in [-0.3, -0.25) is 24.3 Å². The van der Waals surface area contributed by atoms with Crippen LogP contribution in [0.25, 0.3) is 0 Å². The number of sulfone groups is 1. The Balaban J connectivity index is 1.36. The first kappa shape index (κ1) is 37.7. The molecule has 1 aliphatic heterocycles. The third-order valence-electron chi connectivity index (χ3n) is 10.2. The second kappa shape index (κ2) is 16.6. The Labute approximate surface area is 300 Å². The molecular formula is C39H48N4O7S. The zero-order chi connectivity index (χ0) is 36.6. The van der Waals surface area contributed by atoms with Crippen molar-refractivity contribution in [1.29, 1.82) is 0 Å². The standard InChI is InChI=1S/C39H48N4O7S/c1-28(44)42-34(25-29-12-5-4-6-13-29)36(45)43(35(42)26-31-14-11-22-40-27-31)32-17-15-30(16-18-32)24-33(37(46)50-2)41-38(47)39(19-7-8-20-39)21-9-10-23-51(3,48)49/h4-6,11-18,22,27,33-35H,7-10,19-21,23-26H2,1-3H3,(H,41,47)/t33-,34?,35?/m0/s1. The summed E-state index contributed by atoms with van der Waals surface area (Å²) in [5, 5.41) is 2.97. The van der Waals surface area contributed by atoms with Gasteiger partial charge < -0.3 is 15.0 Å². The number of hydrogen-bond acceptors (Lipinski definition) is 8. The van der Waals surface area contributed by atoms with Gasteiger partial charge in [-0.15, -0.1) is 0 Å². The number of carbonyl (C=O) groups is 4. The summed E-state index contributed by atoms with van der Waals surface area (Å²) in [4.78, 5) is 61.7. The number of nitrogens with zero attached hydrogens (tertiary/aromatic N) is 3. The average molecular weight is 717 g/mol. The Morgan fingerprint density at radius 3 is 2.24 bits per heavy atom. The topological polar surface area (TPSA) is 143 Å². The Bertz CT molecular complexity index is 1780. The predicted octanol–water partition coefficient (Wildman–Crippen LogP) is 4.43. The molecular weight excluding hydrogens is 669 g/mol. The number of ether oxygens (including phenoxy) is 1. The van der Waals surface area contributed by atoms with Crippen molar-refractivity contribution in [2.24, 2.45) is 5.41 Å². The first-order chi connectivity index (χ1) is 24.4. The predicted molar refractivity (Wildman–Crippen MR) is 194 cm³/mol. The summed E-state index contributed by atoms with van der Waals surface area (Å²) in [7, 11) is -1.80. The first-order valence-electron chi connectivity index (χ1n) is 17.6. The number of carbonyl (C=O) groups excluding carboxylic acids is 4. The van der Waals surface area contributed by atoms with Gasteiger partial charge in [0.25, 0.3) is 5.91 Å². The molecule has 5 rings (SSSR count). The van der Waals surface area contributed by atoms with Crippen LogP contribution in [0.4, 0.5) is 5.69 Å². The minimum atomic E-state index is -3.08. The van der Waals surface area contributed by atoms with E-state index >= 15 is 0 Å². The molecule has 3 atom stereocenters. The van der Waals surface area contributed by atoms with Crippen LogP contribution in [0.5, 0.6) is 0 Å². The van der Waals surface area contributed by atoms with E-state index in [1.807, 2.05) is 66.7 Å². The number of benzene rings is 2.